The van der Waals surface area contributed by atoms with Crippen LogP contribution in [0.15, 0.2) is 55.1 Å². The summed E-state index contributed by atoms with van der Waals surface area (Å²) in [5, 5.41) is 0. The van der Waals surface area contributed by atoms with Crippen LogP contribution in [0.25, 0.3) is 16.9 Å². The van der Waals surface area contributed by atoms with Crippen LogP contribution in [0.4, 0.5) is 5.69 Å². The minimum atomic E-state index is 0. The second-order valence-electron chi connectivity index (χ2n) is 9.64. The smallest absolute Gasteiger partial charge is 0.0584 e. The molecular weight excluding hydrogens is 617 g/mol. The first kappa shape index (κ1) is 25.0. The van der Waals surface area contributed by atoms with Gasteiger partial charge in [-0.1, -0.05) is 38.5 Å². The van der Waals surface area contributed by atoms with Gasteiger partial charge in [0.05, 0.1) is 11.4 Å². The van der Waals surface area contributed by atoms with E-state index in [1.807, 2.05) is 73.4 Å². The Morgan fingerprint density at radius 2 is 1.83 bits per heavy atom. The van der Waals surface area contributed by atoms with Crippen LogP contribution in [0.5, 0.6) is 11.5 Å². The van der Waals surface area contributed by atoms with Crippen molar-refractivity contribution in [1.29, 1.82) is 0 Å². The number of aromatic nitrogens is 3. The molecule has 1 aliphatic rings. The summed E-state index contributed by atoms with van der Waals surface area (Å²) in [6.07, 6.45) is 7.75. The Morgan fingerprint density at radius 1 is 1.03 bits per heavy atom. The average Bonchev–Trinajstić information content (AvgIpc) is 3.36. The Kier molecular flexibility index (Phi) is 6.79. The fraction of sp³-hybridized carbons (Fsp3) is 0.250. The molecule has 0 radical (unpaired) electrons. The van der Waals surface area contributed by atoms with Crippen LogP contribution >= 0.6 is 0 Å². The maximum atomic E-state index is 6.27. The first-order valence-corrected chi connectivity index (χ1v) is 11.3. The SMILES string of the molecule is Cc1nc2c(-c3cc(C(C)(C)C)ccn3)[c-]c(Oc3[c-]c(N4C=CN(C)[CH-]4)ccc3)cn2c1C.[Pt]. The van der Waals surface area contributed by atoms with E-state index >= 15 is 0 Å². The van der Waals surface area contributed by atoms with Crippen LogP contribution in [-0.2, 0) is 26.5 Å². The van der Waals surface area contributed by atoms with Gasteiger partial charge in [-0.05, 0) is 62.2 Å². The fourth-order valence-corrected chi connectivity index (χ4v) is 3.91. The van der Waals surface area contributed by atoms with Crippen molar-refractivity contribution in [1.82, 2.24) is 19.3 Å². The van der Waals surface area contributed by atoms with Crippen LogP contribution in [0.1, 0.15) is 37.7 Å². The minimum absolute atomic E-state index is 0. The summed E-state index contributed by atoms with van der Waals surface area (Å²) >= 11 is 0. The van der Waals surface area contributed by atoms with E-state index in [1.54, 1.807) is 0 Å². The van der Waals surface area contributed by atoms with Gasteiger partial charge in [0.15, 0.2) is 0 Å². The second kappa shape index (κ2) is 9.50. The van der Waals surface area contributed by atoms with E-state index in [2.05, 4.69) is 61.3 Å². The normalized spacial score (nSPS) is 13.4. The van der Waals surface area contributed by atoms with Crippen LogP contribution in [0.2, 0.25) is 0 Å². The number of nitrogens with zero attached hydrogens (tertiary/aromatic N) is 5. The quantitative estimate of drug-likeness (QED) is 0.253. The molecule has 0 saturated carbocycles. The summed E-state index contributed by atoms with van der Waals surface area (Å²) in [5.74, 6) is 1.19. The number of hydrogen-bond acceptors (Lipinski definition) is 5. The maximum Gasteiger partial charge on any atom is 0.0584 e. The third-order valence-corrected chi connectivity index (χ3v) is 6.01. The molecular formula is C28H28N5OPt-3. The van der Waals surface area contributed by atoms with E-state index in [0.717, 1.165) is 34.0 Å². The second-order valence-corrected chi connectivity index (χ2v) is 9.64. The molecule has 0 aliphatic carbocycles. The number of pyridine rings is 2. The molecule has 0 N–H and O–H groups in total. The number of fused-ring (bicyclic) bond motifs is 1. The zero-order valence-electron chi connectivity index (χ0n) is 20.7. The number of imidazole rings is 1. The Morgan fingerprint density at radius 3 is 2.54 bits per heavy atom. The van der Waals surface area contributed by atoms with Crippen LogP contribution in [0, 0.1) is 32.6 Å². The summed E-state index contributed by atoms with van der Waals surface area (Å²) in [4.78, 5) is 13.5. The van der Waals surface area contributed by atoms with E-state index in [-0.39, 0.29) is 26.5 Å². The van der Waals surface area contributed by atoms with Crippen molar-refractivity contribution in [2.24, 2.45) is 0 Å². The van der Waals surface area contributed by atoms with E-state index in [0.29, 0.717) is 11.5 Å². The van der Waals surface area contributed by atoms with Gasteiger partial charge in [-0.3, -0.25) is 4.98 Å². The molecule has 3 aromatic heterocycles. The van der Waals surface area contributed by atoms with Crippen molar-refractivity contribution >= 4 is 11.3 Å². The third-order valence-electron chi connectivity index (χ3n) is 6.01. The van der Waals surface area contributed by atoms with Gasteiger partial charge in [0.25, 0.3) is 0 Å². The van der Waals surface area contributed by atoms with Crippen molar-refractivity contribution in [2.45, 2.75) is 40.0 Å². The Labute approximate surface area is 221 Å². The molecule has 0 bridgehead atoms. The van der Waals surface area contributed by atoms with Gasteiger partial charge in [-0.2, -0.15) is 12.7 Å². The van der Waals surface area contributed by atoms with Crippen molar-refractivity contribution < 1.29 is 25.8 Å². The van der Waals surface area contributed by atoms with Gasteiger partial charge in [0.2, 0.25) is 0 Å². The van der Waals surface area contributed by atoms with Crippen LogP contribution in [-0.4, -0.2) is 26.3 Å². The van der Waals surface area contributed by atoms with E-state index in [4.69, 9.17) is 9.72 Å². The number of rotatable bonds is 4. The number of hydrogen-bond donors (Lipinski definition) is 0. The van der Waals surface area contributed by atoms with Gasteiger partial charge >= 0.3 is 0 Å². The van der Waals surface area contributed by atoms with Gasteiger partial charge in [0.1, 0.15) is 0 Å². The third kappa shape index (κ3) is 4.99. The fourth-order valence-electron chi connectivity index (χ4n) is 3.91. The molecule has 35 heavy (non-hydrogen) atoms. The number of ether oxygens (including phenoxy) is 1. The number of anilines is 1. The largest absolute Gasteiger partial charge is 0.510 e. The number of aryl methyl sites for hydroxylation is 2. The molecule has 0 fully saturated rings. The Bertz CT molecular complexity index is 1400. The van der Waals surface area contributed by atoms with Crippen LogP contribution < -0.4 is 9.64 Å². The molecule has 4 heterocycles. The van der Waals surface area contributed by atoms with Gasteiger partial charge in [-0.25, -0.2) is 0 Å². The molecule has 184 valence electrons. The average molecular weight is 646 g/mol. The van der Waals surface area contributed by atoms with Gasteiger partial charge in [0, 0.05) is 44.4 Å². The zero-order chi connectivity index (χ0) is 24.0. The van der Waals surface area contributed by atoms with E-state index in [1.165, 1.54) is 5.56 Å². The Hall–Kier alpha value is -3.11. The first-order chi connectivity index (χ1) is 16.2. The molecule has 0 atom stereocenters. The van der Waals surface area contributed by atoms with Gasteiger partial charge in [-0.15, -0.1) is 23.9 Å². The molecule has 0 amide bonds. The standard InChI is InChI=1S/C28H28N5O.Pt/c1-19-20(2)33-17-24(34-23-9-7-8-22(15-23)32-13-12-31(6)18-32)16-25(27(33)30-19)26-14-21(10-11-29-26)28(3,4)5;/h7-14,17-18H,1-6H3;/q-3;. The minimum Gasteiger partial charge on any atom is -0.510 e. The Balaban J connectivity index is 0.00000289. The first-order valence-electron chi connectivity index (χ1n) is 11.3. The van der Waals surface area contributed by atoms with Crippen molar-refractivity contribution in [2.75, 3.05) is 11.9 Å². The zero-order valence-corrected chi connectivity index (χ0v) is 23.0. The molecule has 6 nitrogen and oxygen atoms in total. The molecule has 0 spiro atoms. The van der Waals surface area contributed by atoms with Crippen LogP contribution in [0.3, 0.4) is 0 Å². The topological polar surface area (TPSA) is 45.9 Å². The number of benzene rings is 1. The van der Waals surface area contributed by atoms with E-state index < -0.39 is 0 Å². The summed E-state index contributed by atoms with van der Waals surface area (Å²) in [6, 6.07) is 16.8. The summed E-state index contributed by atoms with van der Waals surface area (Å²) < 4.78 is 8.33. The van der Waals surface area contributed by atoms with Crippen molar-refractivity contribution in [3.05, 3.63) is 90.9 Å². The molecule has 1 aliphatic heterocycles. The predicted octanol–water partition coefficient (Wildman–Crippen LogP) is 6.04. The molecule has 0 saturated heterocycles. The van der Waals surface area contributed by atoms with Gasteiger partial charge < -0.3 is 23.9 Å². The maximum absolute atomic E-state index is 6.27. The molecule has 0 unspecified atom stereocenters. The monoisotopic (exact) mass is 645 g/mol. The van der Waals surface area contributed by atoms with Crippen molar-refractivity contribution in [3.8, 4) is 22.8 Å². The van der Waals surface area contributed by atoms with E-state index in [9.17, 15) is 0 Å². The van der Waals surface area contributed by atoms with Crippen molar-refractivity contribution in [3.63, 3.8) is 0 Å². The summed E-state index contributed by atoms with van der Waals surface area (Å²) in [5.41, 5.74) is 6.59. The molecule has 5 rings (SSSR count). The molecule has 7 heteroatoms. The molecule has 1 aromatic carbocycles. The summed E-state index contributed by atoms with van der Waals surface area (Å²) in [6.45, 7) is 12.6. The molecule has 4 aromatic rings. The summed E-state index contributed by atoms with van der Waals surface area (Å²) in [7, 11) is 1.99. The predicted molar refractivity (Wildman–Crippen MR) is 134 cm³/mol.